The monoisotopic (exact) mass is 194 g/mol. The minimum absolute atomic E-state index is 0.197. The van der Waals surface area contributed by atoms with Crippen LogP contribution in [0.15, 0.2) is 24.6 Å². The van der Waals surface area contributed by atoms with E-state index in [0.717, 1.165) is 26.3 Å². The Morgan fingerprint density at radius 2 is 1.64 bits per heavy atom. The third-order valence-corrected chi connectivity index (χ3v) is 2.63. The first kappa shape index (κ1) is 9.74. The quantitative estimate of drug-likeness (QED) is 0.630. The lowest BCUT2D eigenvalue weighted by Gasteiger charge is -2.37. The lowest BCUT2D eigenvalue weighted by atomic mass is 9.92. The van der Waals surface area contributed by atoms with Crippen LogP contribution in [-0.2, 0) is 4.74 Å². The summed E-state index contributed by atoms with van der Waals surface area (Å²) >= 11 is 0. The van der Waals surface area contributed by atoms with E-state index in [1.165, 1.54) is 0 Å². The van der Waals surface area contributed by atoms with Crippen LogP contribution in [0.1, 0.15) is 13.8 Å². The number of ether oxygens (including phenoxy) is 1. The molecular weight excluding hydrogens is 176 g/mol. The molecule has 3 nitrogen and oxygen atoms in total. The Morgan fingerprint density at radius 3 is 2.21 bits per heavy atom. The summed E-state index contributed by atoms with van der Waals surface area (Å²) in [6.07, 6.45) is 8.74. The fraction of sp³-hybridized carbons (Fsp3) is 0.636. The zero-order valence-electron chi connectivity index (χ0n) is 8.94. The predicted molar refractivity (Wildman–Crippen MR) is 56.3 cm³/mol. The van der Waals surface area contributed by atoms with Gasteiger partial charge in [-0.15, -0.1) is 0 Å². The van der Waals surface area contributed by atoms with Gasteiger partial charge in [-0.05, 0) is 0 Å². The molecule has 0 atom stereocenters. The molecule has 14 heavy (non-hydrogen) atoms. The van der Waals surface area contributed by atoms with Crippen LogP contribution in [-0.4, -0.2) is 36.3 Å². The largest absolute Gasteiger partial charge is 0.379 e. The molecule has 0 aliphatic carbocycles. The van der Waals surface area contributed by atoms with Crippen molar-refractivity contribution in [2.45, 2.75) is 13.8 Å². The van der Waals surface area contributed by atoms with Gasteiger partial charge in [0.1, 0.15) is 0 Å². The molecule has 1 fully saturated rings. The minimum atomic E-state index is 0.197. The number of morpholine rings is 1. The Labute approximate surface area is 85.6 Å². The lowest BCUT2D eigenvalue weighted by molar-refractivity contribution is -0.0410. The predicted octanol–water partition coefficient (Wildman–Crippen LogP) is 1.60. The second-order valence-corrected chi connectivity index (χ2v) is 4.40. The Hall–Kier alpha value is -0.800. The maximum atomic E-state index is 5.31. The van der Waals surface area contributed by atoms with Gasteiger partial charge in [-0.25, -0.2) is 5.01 Å². The molecule has 0 aromatic rings. The molecule has 0 amide bonds. The fourth-order valence-electron chi connectivity index (χ4n) is 1.62. The van der Waals surface area contributed by atoms with Gasteiger partial charge in [-0.2, -0.15) is 0 Å². The summed E-state index contributed by atoms with van der Waals surface area (Å²) in [6, 6.07) is 0. The van der Waals surface area contributed by atoms with Crippen LogP contribution < -0.4 is 0 Å². The van der Waals surface area contributed by atoms with Gasteiger partial charge >= 0.3 is 0 Å². The molecule has 3 heteroatoms. The van der Waals surface area contributed by atoms with E-state index in [9.17, 15) is 0 Å². The zero-order valence-corrected chi connectivity index (χ0v) is 8.94. The SMILES string of the molecule is CC1(C)C=CN(N2CCOCC2)C=C1. The average Bonchev–Trinajstić information content (AvgIpc) is 2.19. The molecule has 1 saturated heterocycles. The van der Waals surface area contributed by atoms with Crippen molar-refractivity contribution in [1.29, 1.82) is 0 Å². The lowest BCUT2D eigenvalue weighted by Crippen LogP contribution is -2.44. The van der Waals surface area contributed by atoms with Crippen LogP contribution in [0.4, 0.5) is 0 Å². The molecule has 2 rings (SSSR count). The van der Waals surface area contributed by atoms with Crippen molar-refractivity contribution in [2.75, 3.05) is 26.3 Å². The standard InChI is InChI=1S/C11H18N2O/c1-11(2)3-5-12(6-4-11)13-7-9-14-10-8-13/h3-6H,7-10H2,1-2H3. The summed E-state index contributed by atoms with van der Waals surface area (Å²) in [5.41, 5.74) is 0.197. The van der Waals surface area contributed by atoms with Gasteiger partial charge in [-0.3, -0.25) is 5.01 Å². The van der Waals surface area contributed by atoms with E-state index in [4.69, 9.17) is 4.74 Å². The molecule has 0 aromatic carbocycles. The number of hydrazine groups is 1. The average molecular weight is 194 g/mol. The smallest absolute Gasteiger partial charge is 0.0612 e. The van der Waals surface area contributed by atoms with Gasteiger partial charge in [0, 0.05) is 30.9 Å². The third kappa shape index (κ3) is 2.16. The van der Waals surface area contributed by atoms with E-state index in [2.05, 4.69) is 48.4 Å². The molecule has 2 heterocycles. The molecular formula is C11H18N2O. The number of nitrogens with zero attached hydrogens (tertiary/aromatic N) is 2. The maximum absolute atomic E-state index is 5.31. The molecule has 0 aromatic heterocycles. The number of allylic oxidation sites excluding steroid dienone is 2. The summed E-state index contributed by atoms with van der Waals surface area (Å²) in [4.78, 5) is 0. The summed E-state index contributed by atoms with van der Waals surface area (Å²) in [7, 11) is 0. The summed E-state index contributed by atoms with van der Waals surface area (Å²) in [6.45, 7) is 8.04. The van der Waals surface area contributed by atoms with E-state index >= 15 is 0 Å². The Morgan fingerprint density at radius 1 is 1.07 bits per heavy atom. The molecule has 2 aliphatic heterocycles. The van der Waals surface area contributed by atoms with Gasteiger partial charge < -0.3 is 4.74 Å². The summed E-state index contributed by atoms with van der Waals surface area (Å²) in [5, 5.41) is 4.46. The molecule has 0 radical (unpaired) electrons. The molecule has 0 N–H and O–H groups in total. The topological polar surface area (TPSA) is 15.7 Å². The minimum Gasteiger partial charge on any atom is -0.379 e. The highest BCUT2D eigenvalue weighted by atomic mass is 16.5. The van der Waals surface area contributed by atoms with E-state index in [0.29, 0.717) is 0 Å². The van der Waals surface area contributed by atoms with Gasteiger partial charge in [0.15, 0.2) is 0 Å². The van der Waals surface area contributed by atoms with Gasteiger partial charge in [-0.1, -0.05) is 26.0 Å². The van der Waals surface area contributed by atoms with Crippen molar-refractivity contribution in [1.82, 2.24) is 10.0 Å². The normalized spacial score (nSPS) is 26.9. The first-order chi connectivity index (χ1) is 6.67. The fourth-order valence-corrected chi connectivity index (χ4v) is 1.62. The van der Waals surface area contributed by atoms with Crippen LogP contribution in [0.2, 0.25) is 0 Å². The highest BCUT2D eigenvalue weighted by Crippen LogP contribution is 2.24. The van der Waals surface area contributed by atoms with Crippen molar-refractivity contribution in [3.63, 3.8) is 0 Å². The highest BCUT2D eigenvalue weighted by molar-refractivity contribution is 5.12. The number of hydrogen-bond donors (Lipinski definition) is 0. The molecule has 0 spiro atoms. The van der Waals surface area contributed by atoms with Crippen LogP contribution >= 0.6 is 0 Å². The maximum Gasteiger partial charge on any atom is 0.0612 e. The van der Waals surface area contributed by atoms with Crippen molar-refractivity contribution in [3.8, 4) is 0 Å². The molecule has 0 bridgehead atoms. The van der Waals surface area contributed by atoms with Crippen molar-refractivity contribution in [3.05, 3.63) is 24.6 Å². The zero-order chi connectivity index (χ0) is 10.0. The van der Waals surface area contributed by atoms with Crippen molar-refractivity contribution >= 4 is 0 Å². The first-order valence-corrected chi connectivity index (χ1v) is 5.17. The number of hydrogen-bond acceptors (Lipinski definition) is 3. The van der Waals surface area contributed by atoms with E-state index < -0.39 is 0 Å². The summed E-state index contributed by atoms with van der Waals surface area (Å²) < 4.78 is 5.31. The van der Waals surface area contributed by atoms with E-state index in [1.54, 1.807) is 0 Å². The van der Waals surface area contributed by atoms with Crippen LogP contribution in [0.3, 0.4) is 0 Å². The van der Waals surface area contributed by atoms with Gasteiger partial charge in [0.25, 0.3) is 0 Å². The Bertz CT molecular complexity index is 236. The van der Waals surface area contributed by atoms with Crippen molar-refractivity contribution in [2.24, 2.45) is 5.41 Å². The van der Waals surface area contributed by atoms with Gasteiger partial charge in [0.05, 0.1) is 13.2 Å². The van der Waals surface area contributed by atoms with E-state index in [-0.39, 0.29) is 5.41 Å². The van der Waals surface area contributed by atoms with E-state index in [1.807, 2.05) is 0 Å². The second kappa shape index (κ2) is 3.75. The van der Waals surface area contributed by atoms with Crippen LogP contribution in [0, 0.1) is 5.41 Å². The van der Waals surface area contributed by atoms with Crippen molar-refractivity contribution < 1.29 is 4.74 Å². The third-order valence-electron chi connectivity index (χ3n) is 2.63. The van der Waals surface area contributed by atoms with Crippen LogP contribution in [0.25, 0.3) is 0 Å². The molecule has 78 valence electrons. The Kier molecular flexibility index (Phi) is 2.61. The highest BCUT2D eigenvalue weighted by Gasteiger charge is 2.19. The molecule has 0 unspecified atom stereocenters. The van der Waals surface area contributed by atoms with Crippen LogP contribution in [0.5, 0.6) is 0 Å². The number of rotatable bonds is 1. The summed E-state index contributed by atoms with van der Waals surface area (Å²) in [5.74, 6) is 0. The first-order valence-electron chi connectivity index (χ1n) is 5.17. The molecule has 0 saturated carbocycles. The molecule has 2 aliphatic rings. The second-order valence-electron chi connectivity index (χ2n) is 4.40. The Balaban J connectivity index is 1.97. The van der Waals surface area contributed by atoms with Gasteiger partial charge in [0.2, 0.25) is 0 Å².